The van der Waals surface area contributed by atoms with Crippen LogP contribution in [0.4, 0.5) is 9.52 Å². The van der Waals surface area contributed by atoms with Crippen LogP contribution in [0, 0.1) is 12.7 Å². The van der Waals surface area contributed by atoms with E-state index in [1.165, 1.54) is 11.3 Å². The lowest BCUT2D eigenvalue weighted by molar-refractivity contribution is 0.616. The second-order valence-electron chi connectivity index (χ2n) is 3.43. The molecule has 0 saturated heterocycles. The Morgan fingerprint density at radius 2 is 2.27 bits per heavy atom. The normalized spacial score (nSPS) is 10.5. The number of hydrogen-bond donors (Lipinski definition) is 1. The molecule has 0 aliphatic heterocycles. The number of aromatic nitrogens is 1. The van der Waals surface area contributed by atoms with Crippen molar-refractivity contribution in [1.29, 1.82) is 0 Å². The molecule has 0 saturated carbocycles. The van der Waals surface area contributed by atoms with Crippen molar-refractivity contribution in [3.8, 4) is 0 Å². The fraction of sp³-hybridized carbons (Fsp3) is 0.182. The summed E-state index contributed by atoms with van der Waals surface area (Å²) >= 11 is 1.44. The number of nitrogens with two attached hydrogens (primary N) is 1. The minimum Gasteiger partial charge on any atom is -0.375 e. The Bertz CT molecular complexity index is 479. The summed E-state index contributed by atoms with van der Waals surface area (Å²) in [5, 5.41) is 0.553. The molecule has 0 amide bonds. The van der Waals surface area contributed by atoms with Crippen molar-refractivity contribution < 1.29 is 4.39 Å². The van der Waals surface area contributed by atoms with Gasteiger partial charge in [-0.1, -0.05) is 12.1 Å². The smallest absolute Gasteiger partial charge is 0.180 e. The number of aryl methyl sites for hydroxylation is 1. The van der Waals surface area contributed by atoms with Crippen LogP contribution < -0.4 is 5.73 Å². The van der Waals surface area contributed by atoms with Crippen molar-refractivity contribution in [3.05, 3.63) is 46.2 Å². The quantitative estimate of drug-likeness (QED) is 0.848. The summed E-state index contributed by atoms with van der Waals surface area (Å²) in [7, 11) is 0. The second-order valence-corrected chi connectivity index (χ2v) is 4.57. The Labute approximate surface area is 91.6 Å². The highest BCUT2D eigenvalue weighted by atomic mass is 32.1. The summed E-state index contributed by atoms with van der Waals surface area (Å²) in [5.74, 6) is -0.162. The number of nitrogens with zero attached hydrogens (tertiary/aromatic N) is 1. The molecule has 1 aromatic carbocycles. The third kappa shape index (κ3) is 2.33. The van der Waals surface area contributed by atoms with Gasteiger partial charge < -0.3 is 5.73 Å². The SMILES string of the molecule is Cc1ccc(Cc2cnc(N)s2)cc1F. The molecule has 1 heterocycles. The lowest BCUT2D eigenvalue weighted by Crippen LogP contribution is -1.88. The molecule has 2 N–H and O–H groups in total. The van der Waals surface area contributed by atoms with Gasteiger partial charge in [-0.3, -0.25) is 0 Å². The highest BCUT2D eigenvalue weighted by Crippen LogP contribution is 2.19. The number of hydrogen-bond acceptors (Lipinski definition) is 3. The molecule has 0 radical (unpaired) electrons. The van der Waals surface area contributed by atoms with E-state index in [9.17, 15) is 4.39 Å². The molecule has 0 fully saturated rings. The van der Waals surface area contributed by atoms with Gasteiger partial charge in [0.15, 0.2) is 5.13 Å². The van der Waals surface area contributed by atoms with E-state index in [-0.39, 0.29) is 5.82 Å². The summed E-state index contributed by atoms with van der Waals surface area (Å²) in [5.41, 5.74) is 7.13. The molecule has 2 aromatic rings. The third-order valence-electron chi connectivity index (χ3n) is 2.19. The van der Waals surface area contributed by atoms with E-state index in [1.807, 2.05) is 6.07 Å². The maximum Gasteiger partial charge on any atom is 0.180 e. The topological polar surface area (TPSA) is 38.9 Å². The van der Waals surface area contributed by atoms with E-state index in [0.29, 0.717) is 17.1 Å². The molecule has 0 aliphatic rings. The first kappa shape index (κ1) is 10.1. The van der Waals surface area contributed by atoms with E-state index in [0.717, 1.165) is 10.4 Å². The van der Waals surface area contributed by atoms with Crippen molar-refractivity contribution in [2.75, 3.05) is 5.73 Å². The van der Waals surface area contributed by atoms with Crippen LogP contribution in [0.2, 0.25) is 0 Å². The largest absolute Gasteiger partial charge is 0.375 e. The molecule has 2 nitrogen and oxygen atoms in total. The number of halogens is 1. The van der Waals surface area contributed by atoms with E-state index in [2.05, 4.69) is 4.98 Å². The maximum absolute atomic E-state index is 13.3. The number of nitrogen functional groups attached to an aromatic ring is 1. The van der Waals surface area contributed by atoms with Gasteiger partial charge in [0.05, 0.1) is 0 Å². The molecule has 1 aromatic heterocycles. The van der Waals surface area contributed by atoms with E-state index >= 15 is 0 Å². The molecule has 0 bridgehead atoms. The van der Waals surface area contributed by atoms with Crippen LogP contribution in [-0.4, -0.2) is 4.98 Å². The van der Waals surface area contributed by atoms with Gasteiger partial charge in [0, 0.05) is 17.5 Å². The van der Waals surface area contributed by atoms with Crippen molar-refractivity contribution in [2.45, 2.75) is 13.3 Å². The fourth-order valence-electron chi connectivity index (χ4n) is 1.35. The molecule has 4 heteroatoms. The van der Waals surface area contributed by atoms with E-state index in [1.54, 1.807) is 25.3 Å². The first-order valence-electron chi connectivity index (χ1n) is 4.60. The van der Waals surface area contributed by atoms with Gasteiger partial charge in [-0.05, 0) is 24.1 Å². The minimum absolute atomic E-state index is 0.162. The van der Waals surface area contributed by atoms with Crippen molar-refractivity contribution >= 4 is 16.5 Å². The molecular formula is C11H11FN2S. The molecule has 0 spiro atoms. The molecule has 0 aliphatic carbocycles. The summed E-state index contributed by atoms with van der Waals surface area (Å²) in [6.07, 6.45) is 2.42. The Hall–Kier alpha value is -1.42. The lowest BCUT2D eigenvalue weighted by Gasteiger charge is -2.00. The fourth-order valence-corrected chi connectivity index (χ4v) is 2.07. The Morgan fingerprint density at radius 3 is 2.87 bits per heavy atom. The summed E-state index contributed by atoms with van der Waals surface area (Å²) in [6, 6.07) is 5.27. The van der Waals surface area contributed by atoms with Crippen LogP contribution in [0.1, 0.15) is 16.0 Å². The summed E-state index contributed by atoms with van der Waals surface area (Å²) < 4.78 is 13.3. The van der Waals surface area contributed by atoms with Crippen LogP contribution in [0.25, 0.3) is 0 Å². The third-order valence-corrected chi connectivity index (χ3v) is 3.01. The van der Waals surface area contributed by atoms with Gasteiger partial charge in [-0.25, -0.2) is 9.37 Å². The molecule has 15 heavy (non-hydrogen) atoms. The molecule has 2 rings (SSSR count). The predicted octanol–water partition coefficient (Wildman–Crippen LogP) is 2.76. The zero-order valence-electron chi connectivity index (χ0n) is 8.33. The van der Waals surface area contributed by atoms with Crippen LogP contribution in [0.3, 0.4) is 0 Å². The zero-order valence-corrected chi connectivity index (χ0v) is 9.14. The van der Waals surface area contributed by atoms with E-state index in [4.69, 9.17) is 5.73 Å². The highest BCUT2D eigenvalue weighted by molar-refractivity contribution is 7.15. The Balaban J connectivity index is 2.21. The first-order valence-corrected chi connectivity index (χ1v) is 5.42. The van der Waals surface area contributed by atoms with Crippen LogP contribution in [0.5, 0.6) is 0 Å². The van der Waals surface area contributed by atoms with Gasteiger partial charge in [0.2, 0.25) is 0 Å². The van der Waals surface area contributed by atoms with Gasteiger partial charge in [-0.2, -0.15) is 0 Å². The van der Waals surface area contributed by atoms with Gasteiger partial charge in [-0.15, -0.1) is 11.3 Å². The van der Waals surface area contributed by atoms with Crippen molar-refractivity contribution in [3.63, 3.8) is 0 Å². The zero-order chi connectivity index (χ0) is 10.8. The van der Waals surface area contributed by atoms with Crippen molar-refractivity contribution in [1.82, 2.24) is 4.98 Å². The standard InChI is InChI=1S/C11H11FN2S/c1-7-2-3-8(5-10(7)12)4-9-6-14-11(13)15-9/h2-3,5-6H,4H2,1H3,(H2,13,14). The lowest BCUT2D eigenvalue weighted by atomic mass is 10.1. The Morgan fingerprint density at radius 1 is 1.47 bits per heavy atom. The van der Waals surface area contributed by atoms with Crippen LogP contribution >= 0.6 is 11.3 Å². The van der Waals surface area contributed by atoms with Crippen LogP contribution in [-0.2, 0) is 6.42 Å². The maximum atomic E-state index is 13.3. The molecule has 0 unspecified atom stereocenters. The number of rotatable bonds is 2. The molecule has 78 valence electrons. The average molecular weight is 222 g/mol. The van der Waals surface area contributed by atoms with Crippen LogP contribution in [0.15, 0.2) is 24.4 Å². The Kier molecular flexibility index (Phi) is 2.68. The van der Waals surface area contributed by atoms with Gasteiger partial charge in [0.25, 0.3) is 0 Å². The highest BCUT2D eigenvalue weighted by Gasteiger charge is 2.03. The predicted molar refractivity (Wildman–Crippen MR) is 60.5 cm³/mol. The summed E-state index contributed by atoms with van der Waals surface area (Å²) in [6.45, 7) is 1.75. The molecular weight excluding hydrogens is 211 g/mol. The number of anilines is 1. The molecule has 0 atom stereocenters. The number of thiazole rings is 1. The second kappa shape index (κ2) is 3.98. The first-order chi connectivity index (χ1) is 7.15. The monoisotopic (exact) mass is 222 g/mol. The number of benzene rings is 1. The van der Waals surface area contributed by atoms with Crippen molar-refractivity contribution in [2.24, 2.45) is 0 Å². The summed E-state index contributed by atoms with van der Waals surface area (Å²) in [4.78, 5) is 5.01. The average Bonchev–Trinajstić information content (AvgIpc) is 2.58. The van der Waals surface area contributed by atoms with Gasteiger partial charge in [0.1, 0.15) is 5.82 Å². The van der Waals surface area contributed by atoms with Gasteiger partial charge >= 0.3 is 0 Å². The van der Waals surface area contributed by atoms with E-state index < -0.39 is 0 Å². The minimum atomic E-state index is -0.162.